The van der Waals surface area contributed by atoms with Gasteiger partial charge in [0.25, 0.3) is 5.91 Å². The van der Waals surface area contributed by atoms with E-state index in [4.69, 9.17) is 16.4 Å². The van der Waals surface area contributed by atoms with E-state index in [2.05, 4.69) is 15.3 Å². The van der Waals surface area contributed by atoms with Crippen LogP contribution in [0.5, 0.6) is 0 Å². The normalized spacial score (nSPS) is 16.8. The lowest BCUT2D eigenvalue weighted by Crippen LogP contribution is -2.37. The molecule has 8 heteroatoms. The Labute approximate surface area is 217 Å². The maximum atomic E-state index is 13.8. The van der Waals surface area contributed by atoms with Gasteiger partial charge in [0.05, 0.1) is 28.9 Å². The van der Waals surface area contributed by atoms with E-state index >= 15 is 0 Å². The first-order valence-corrected chi connectivity index (χ1v) is 11.9. The topological polar surface area (TPSA) is 66.8 Å². The van der Waals surface area contributed by atoms with E-state index in [0.29, 0.717) is 22.5 Å². The minimum atomic E-state index is -0.503. The number of amides is 1. The molecule has 0 bridgehead atoms. The van der Waals surface area contributed by atoms with Gasteiger partial charge < -0.3 is 5.32 Å². The zero-order valence-electron chi connectivity index (χ0n) is 19.7. The SMILES string of the molecule is CON1C=NC(c2ccc(F)c(Cl)c2)=C2C=C(NC(=O)c3ccc4nc5ccccc5cc4c3)C=CC21. The van der Waals surface area contributed by atoms with E-state index in [9.17, 15) is 9.18 Å². The molecule has 182 valence electrons. The number of carbonyl (C=O) groups is 1. The van der Waals surface area contributed by atoms with Gasteiger partial charge in [0.1, 0.15) is 18.2 Å². The van der Waals surface area contributed by atoms with Crippen molar-refractivity contribution in [2.45, 2.75) is 6.04 Å². The highest BCUT2D eigenvalue weighted by Crippen LogP contribution is 2.34. The number of hydroxylamine groups is 2. The highest BCUT2D eigenvalue weighted by molar-refractivity contribution is 6.30. The number of hydrogen-bond acceptors (Lipinski definition) is 5. The Bertz CT molecular complexity index is 1710. The largest absolute Gasteiger partial charge is 0.322 e. The summed E-state index contributed by atoms with van der Waals surface area (Å²) in [6.07, 6.45) is 7.13. The summed E-state index contributed by atoms with van der Waals surface area (Å²) < 4.78 is 13.8. The van der Waals surface area contributed by atoms with Gasteiger partial charge in [0.15, 0.2) is 0 Å². The molecule has 37 heavy (non-hydrogen) atoms. The fraction of sp³-hybridized carbons (Fsp3) is 0.0690. The first kappa shape index (κ1) is 23.1. The van der Waals surface area contributed by atoms with Crippen molar-refractivity contribution >= 4 is 51.3 Å². The quantitative estimate of drug-likeness (QED) is 0.339. The van der Waals surface area contributed by atoms with Gasteiger partial charge in [-0.3, -0.25) is 9.63 Å². The average molecular weight is 511 g/mol. The zero-order chi connectivity index (χ0) is 25.5. The Hall–Kier alpha value is -4.33. The predicted octanol–water partition coefficient (Wildman–Crippen LogP) is 6.05. The van der Waals surface area contributed by atoms with Crippen LogP contribution in [-0.2, 0) is 4.84 Å². The monoisotopic (exact) mass is 510 g/mol. The summed E-state index contributed by atoms with van der Waals surface area (Å²) in [7, 11) is 1.55. The first-order valence-electron chi connectivity index (χ1n) is 11.6. The van der Waals surface area contributed by atoms with Crippen LogP contribution in [0.15, 0.2) is 101 Å². The van der Waals surface area contributed by atoms with Crippen molar-refractivity contribution < 1.29 is 14.0 Å². The van der Waals surface area contributed by atoms with Crippen LogP contribution in [0.4, 0.5) is 4.39 Å². The maximum absolute atomic E-state index is 13.8. The standard InChI is InChI=1S/C29H20ClFN4O2/c1-37-35-16-32-28(18-6-9-24(31)23(30)14-18)22-15-21(8-11-27(22)35)33-29(36)19-7-10-26-20(13-19)12-17-4-2-3-5-25(17)34-26/h2-16,27H,1H3,(H,33,36). The summed E-state index contributed by atoms with van der Waals surface area (Å²) in [6.45, 7) is 0. The third kappa shape index (κ3) is 4.28. The number of nitrogens with one attached hydrogen (secondary N) is 1. The molecule has 1 unspecified atom stereocenters. The van der Waals surface area contributed by atoms with Gasteiger partial charge in [-0.05, 0) is 60.7 Å². The number of carbonyl (C=O) groups excluding carboxylic acids is 1. The second-order valence-corrected chi connectivity index (χ2v) is 9.07. The number of halogens is 2. The molecule has 1 atom stereocenters. The molecule has 6 rings (SSSR count). The number of hydrogen-bond donors (Lipinski definition) is 1. The molecular weight excluding hydrogens is 491 g/mol. The number of aliphatic imine (C=N–C) groups is 1. The smallest absolute Gasteiger partial charge is 0.255 e. The third-order valence-corrected chi connectivity index (χ3v) is 6.67. The molecule has 1 aromatic heterocycles. The summed E-state index contributed by atoms with van der Waals surface area (Å²) in [5, 5.41) is 6.48. The van der Waals surface area contributed by atoms with Gasteiger partial charge in [-0.25, -0.2) is 19.4 Å². The summed E-state index contributed by atoms with van der Waals surface area (Å²) in [5.41, 5.74) is 4.88. The van der Waals surface area contributed by atoms with Gasteiger partial charge in [0.2, 0.25) is 0 Å². The number of benzene rings is 3. The van der Waals surface area contributed by atoms with Crippen LogP contribution < -0.4 is 5.32 Å². The molecule has 2 aliphatic rings. The lowest BCUT2D eigenvalue weighted by molar-refractivity contribution is -0.0712. The van der Waals surface area contributed by atoms with Crippen LogP contribution in [-0.4, -0.2) is 35.4 Å². The fourth-order valence-corrected chi connectivity index (χ4v) is 4.72. The Morgan fingerprint density at radius 3 is 2.73 bits per heavy atom. The molecule has 0 spiro atoms. The minimum absolute atomic E-state index is 0.00829. The fourth-order valence-electron chi connectivity index (χ4n) is 4.54. The molecule has 0 saturated carbocycles. The van der Waals surface area contributed by atoms with E-state index in [0.717, 1.165) is 27.4 Å². The molecule has 6 nitrogen and oxygen atoms in total. The van der Waals surface area contributed by atoms with Crippen LogP contribution in [0, 0.1) is 5.82 Å². The number of allylic oxidation sites excluding steroid dienone is 1. The molecule has 2 heterocycles. The van der Waals surface area contributed by atoms with Gasteiger partial charge in [0, 0.05) is 33.2 Å². The number of aromatic nitrogens is 1. The van der Waals surface area contributed by atoms with E-state index in [1.807, 2.05) is 60.7 Å². The van der Waals surface area contributed by atoms with Crippen molar-refractivity contribution in [2.24, 2.45) is 4.99 Å². The van der Waals surface area contributed by atoms with E-state index in [1.54, 1.807) is 30.6 Å². The summed E-state index contributed by atoms with van der Waals surface area (Å²) in [5.74, 6) is -0.754. The lowest BCUT2D eigenvalue weighted by atomic mass is 9.94. The van der Waals surface area contributed by atoms with Crippen LogP contribution in [0.2, 0.25) is 5.02 Å². The van der Waals surface area contributed by atoms with E-state index < -0.39 is 5.82 Å². The third-order valence-electron chi connectivity index (χ3n) is 6.38. The molecule has 1 amide bonds. The number of pyridine rings is 1. The highest BCUT2D eigenvalue weighted by atomic mass is 35.5. The second-order valence-electron chi connectivity index (χ2n) is 8.67. The van der Waals surface area contributed by atoms with Crippen LogP contribution in [0.25, 0.3) is 27.5 Å². The Kier molecular flexibility index (Phi) is 5.79. The molecule has 1 N–H and O–H groups in total. The summed E-state index contributed by atoms with van der Waals surface area (Å²) in [6, 6.07) is 19.5. The van der Waals surface area contributed by atoms with Crippen molar-refractivity contribution in [1.82, 2.24) is 15.4 Å². The number of fused-ring (bicyclic) bond motifs is 3. The van der Waals surface area contributed by atoms with Crippen molar-refractivity contribution in [3.05, 3.63) is 118 Å². The van der Waals surface area contributed by atoms with Gasteiger partial charge in [-0.15, -0.1) is 0 Å². The van der Waals surface area contributed by atoms with Crippen LogP contribution in [0.3, 0.4) is 0 Å². The maximum Gasteiger partial charge on any atom is 0.255 e. The van der Waals surface area contributed by atoms with Gasteiger partial charge in [-0.1, -0.05) is 35.9 Å². The predicted molar refractivity (Wildman–Crippen MR) is 143 cm³/mol. The number of para-hydroxylation sites is 1. The van der Waals surface area contributed by atoms with Gasteiger partial charge >= 0.3 is 0 Å². The summed E-state index contributed by atoms with van der Waals surface area (Å²) >= 11 is 6.03. The molecule has 1 aliphatic carbocycles. The second kappa shape index (κ2) is 9.28. The molecule has 0 saturated heterocycles. The lowest BCUT2D eigenvalue weighted by Gasteiger charge is -2.32. The number of rotatable bonds is 4. The van der Waals surface area contributed by atoms with Crippen LogP contribution >= 0.6 is 11.6 Å². The molecule has 0 radical (unpaired) electrons. The van der Waals surface area contributed by atoms with Crippen molar-refractivity contribution in [1.29, 1.82) is 0 Å². The Morgan fingerprint density at radius 1 is 1.05 bits per heavy atom. The Balaban J connectivity index is 1.34. The van der Waals surface area contributed by atoms with Crippen molar-refractivity contribution in [2.75, 3.05) is 7.11 Å². The number of nitrogens with zero attached hydrogens (tertiary/aromatic N) is 3. The van der Waals surface area contributed by atoms with Gasteiger partial charge in [-0.2, -0.15) is 0 Å². The average Bonchev–Trinajstić information content (AvgIpc) is 2.92. The van der Waals surface area contributed by atoms with E-state index in [1.165, 1.54) is 12.1 Å². The molecular formula is C29H20ClFN4O2. The molecule has 0 fully saturated rings. The minimum Gasteiger partial charge on any atom is -0.322 e. The Morgan fingerprint density at radius 2 is 1.89 bits per heavy atom. The molecule has 3 aromatic carbocycles. The van der Waals surface area contributed by atoms with Crippen molar-refractivity contribution in [3.8, 4) is 0 Å². The highest BCUT2D eigenvalue weighted by Gasteiger charge is 2.28. The molecule has 1 aliphatic heterocycles. The first-order chi connectivity index (χ1) is 18.0. The van der Waals surface area contributed by atoms with Crippen LogP contribution in [0.1, 0.15) is 15.9 Å². The van der Waals surface area contributed by atoms with Crippen molar-refractivity contribution in [3.63, 3.8) is 0 Å². The summed E-state index contributed by atoms with van der Waals surface area (Å²) in [4.78, 5) is 27.8. The molecule has 4 aromatic rings. The van der Waals surface area contributed by atoms with E-state index in [-0.39, 0.29) is 17.0 Å². The zero-order valence-corrected chi connectivity index (χ0v) is 20.4.